The van der Waals surface area contributed by atoms with Crippen LogP contribution in [0.4, 0.5) is 5.69 Å². The van der Waals surface area contributed by atoms with Gasteiger partial charge in [0.05, 0.1) is 35.2 Å². The van der Waals surface area contributed by atoms with Crippen molar-refractivity contribution in [2.24, 2.45) is 5.92 Å². The van der Waals surface area contributed by atoms with E-state index >= 15 is 0 Å². The first-order valence-corrected chi connectivity index (χ1v) is 12.2. The van der Waals surface area contributed by atoms with E-state index in [-0.39, 0.29) is 23.6 Å². The van der Waals surface area contributed by atoms with Crippen LogP contribution in [0.3, 0.4) is 0 Å². The van der Waals surface area contributed by atoms with Gasteiger partial charge in [-0.2, -0.15) is 0 Å². The minimum atomic E-state index is -0.862. The quantitative estimate of drug-likeness (QED) is 0.341. The molecule has 0 aliphatic carbocycles. The number of carbonyl (C=O) groups is 5. The van der Waals surface area contributed by atoms with Gasteiger partial charge in [-0.25, -0.2) is 4.79 Å². The maximum absolute atomic E-state index is 12.4. The van der Waals surface area contributed by atoms with E-state index < -0.39 is 42.2 Å². The predicted molar refractivity (Wildman–Crippen MR) is 135 cm³/mol. The van der Waals surface area contributed by atoms with Crippen molar-refractivity contribution in [3.8, 4) is 0 Å². The number of ether oxygens (including phenoxy) is 2. The lowest BCUT2D eigenvalue weighted by atomic mass is 10.1. The number of hydrogen-bond acceptors (Lipinski definition) is 7. The van der Waals surface area contributed by atoms with Gasteiger partial charge in [-0.1, -0.05) is 36.5 Å². The summed E-state index contributed by atoms with van der Waals surface area (Å²) in [5.74, 6) is -3.79. The van der Waals surface area contributed by atoms with E-state index in [0.717, 1.165) is 17.9 Å². The third-order valence-electron chi connectivity index (χ3n) is 5.35. The molecule has 1 saturated heterocycles. The number of benzene rings is 2. The fourth-order valence-electron chi connectivity index (χ4n) is 3.36. The number of nitrogens with one attached hydrogen (secondary N) is 2. The summed E-state index contributed by atoms with van der Waals surface area (Å²) in [6, 6.07) is 10.4. The lowest BCUT2D eigenvalue weighted by Crippen LogP contribution is -2.43. The topological polar surface area (TPSA) is 131 Å². The van der Waals surface area contributed by atoms with Crippen molar-refractivity contribution in [1.29, 1.82) is 0 Å². The third-order valence-corrected chi connectivity index (χ3v) is 5.90. The molecule has 0 unspecified atom stereocenters. The van der Waals surface area contributed by atoms with E-state index in [1.54, 1.807) is 0 Å². The smallest absolute Gasteiger partial charge is 0.338 e. The summed E-state index contributed by atoms with van der Waals surface area (Å²) in [5, 5.41) is 4.02. The Balaban J connectivity index is 1.44. The Morgan fingerprint density at radius 1 is 1.05 bits per heavy atom. The summed E-state index contributed by atoms with van der Waals surface area (Å²) in [6.07, 6.45) is 1.50. The molecule has 1 heterocycles. The highest BCUT2D eigenvalue weighted by atomic mass is 35.5. The zero-order chi connectivity index (χ0) is 26.9. The second-order valence-electron chi connectivity index (χ2n) is 8.19. The molecule has 2 aromatic carbocycles. The first-order chi connectivity index (χ1) is 17.7. The van der Waals surface area contributed by atoms with Crippen LogP contribution in [-0.2, 0) is 23.9 Å². The number of rotatable bonds is 10. The largest absolute Gasteiger partial charge is 0.462 e. The van der Waals surface area contributed by atoms with Crippen molar-refractivity contribution in [3.05, 3.63) is 63.6 Å². The highest BCUT2D eigenvalue weighted by molar-refractivity contribution is 6.36. The summed E-state index contributed by atoms with van der Waals surface area (Å²) < 4.78 is 10.2. The van der Waals surface area contributed by atoms with Crippen LogP contribution in [0.5, 0.6) is 0 Å². The fraction of sp³-hybridized carbons (Fsp3) is 0.320. The van der Waals surface area contributed by atoms with E-state index in [1.807, 2.05) is 6.92 Å². The number of anilines is 1. The van der Waals surface area contributed by atoms with Gasteiger partial charge in [0.25, 0.3) is 11.8 Å². The zero-order valence-corrected chi connectivity index (χ0v) is 21.4. The van der Waals surface area contributed by atoms with Crippen molar-refractivity contribution in [3.63, 3.8) is 0 Å². The number of hydrogen-bond donors (Lipinski definition) is 2. The van der Waals surface area contributed by atoms with Crippen molar-refractivity contribution in [2.75, 3.05) is 25.1 Å². The Morgan fingerprint density at radius 2 is 1.78 bits per heavy atom. The average molecular weight is 550 g/mol. The molecule has 2 N–H and O–H groups in total. The summed E-state index contributed by atoms with van der Waals surface area (Å²) in [7, 11) is 0. The van der Waals surface area contributed by atoms with Crippen LogP contribution in [0, 0.1) is 5.92 Å². The predicted octanol–water partition coefficient (Wildman–Crippen LogP) is 3.63. The SMILES string of the molecule is CCCCOC(=O)c1ccc(NC(=O)COC(=O)[C@H]2CC(=O)N(NC(=O)c3ccc(Cl)cc3Cl)C2)cc1. The number of halogens is 2. The van der Waals surface area contributed by atoms with Gasteiger partial charge in [0.2, 0.25) is 5.91 Å². The molecule has 0 radical (unpaired) electrons. The molecule has 1 fully saturated rings. The van der Waals surface area contributed by atoms with Crippen LogP contribution in [0.1, 0.15) is 46.9 Å². The molecule has 3 amide bonds. The number of esters is 2. The number of nitrogens with zero attached hydrogens (tertiary/aromatic N) is 1. The molecule has 37 heavy (non-hydrogen) atoms. The first-order valence-electron chi connectivity index (χ1n) is 11.5. The van der Waals surface area contributed by atoms with Gasteiger partial charge in [0, 0.05) is 17.1 Å². The molecule has 2 aromatic rings. The van der Waals surface area contributed by atoms with Crippen molar-refractivity contribution in [2.45, 2.75) is 26.2 Å². The van der Waals surface area contributed by atoms with Crippen LogP contribution in [0.15, 0.2) is 42.5 Å². The standard InChI is InChI=1S/C25H25Cl2N3O7/c1-2-3-10-36-24(34)15-4-7-18(8-5-15)28-21(31)14-37-25(35)16-11-22(32)30(13-16)29-23(33)19-9-6-17(26)12-20(19)27/h4-9,12,16H,2-3,10-11,13-14H2,1H3,(H,28,31)(H,29,33)/t16-/m0/s1. The van der Waals surface area contributed by atoms with E-state index in [1.165, 1.54) is 42.5 Å². The molecular weight excluding hydrogens is 525 g/mol. The molecule has 0 bridgehead atoms. The molecule has 10 nitrogen and oxygen atoms in total. The normalized spacial score (nSPS) is 14.7. The number of unbranched alkanes of at least 4 members (excludes halogenated alkanes) is 1. The van der Waals surface area contributed by atoms with Crippen molar-refractivity contribution in [1.82, 2.24) is 10.4 Å². The zero-order valence-electron chi connectivity index (χ0n) is 19.9. The maximum atomic E-state index is 12.4. The van der Waals surface area contributed by atoms with Gasteiger partial charge >= 0.3 is 11.9 Å². The highest BCUT2D eigenvalue weighted by Gasteiger charge is 2.37. The van der Waals surface area contributed by atoms with Crippen molar-refractivity contribution < 1.29 is 33.4 Å². The molecule has 0 saturated carbocycles. The van der Waals surface area contributed by atoms with Crippen LogP contribution < -0.4 is 10.7 Å². The summed E-state index contributed by atoms with van der Waals surface area (Å²) in [4.78, 5) is 61.2. The number of amides is 3. The van der Waals surface area contributed by atoms with Gasteiger partial charge in [0.1, 0.15) is 0 Å². The third kappa shape index (κ3) is 7.93. The van der Waals surface area contributed by atoms with Gasteiger partial charge in [-0.05, 0) is 48.9 Å². The Kier molecular flexibility index (Phi) is 9.87. The molecule has 1 aliphatic rings. The maximum Gasteiger partial charge on any atom is 0.338 e. The Morgan fingerprint density at radius 3 is 2.46 bits per heavy atom. The van der Waals surface area contributed by atoms with Gasteiger partial charge in [-0.15, -0.1) is 0 Å². The fourth-order valence-corrected chi connectivity index (χ4v) is 3.86. The van der Waals surface area contributed by atoms with Crippen LogP contribution in [0.25, 0.3) is 0 Å². The lowest BCUT2D eigenvalue weighted by Gasteiger charge is -2.18. The van der Waals surface area contributed by atoms with E-state index in [2.05, 4.69) is 10.7 Å². The minimum absolute atomic E-state index is 0.111. The van der Waals surface area contributed by atoms with Gasteiger partial charge in [-0.3, -0.25) is 29.6 Å². The number of carbonyl (C=O) groups excluding carboxylic acids is 5. The molecule has 3 rings (SSSR count). The molecule has 1 aliphatic heterocycles. The van der Waals surface area contributed by atoms with Crippen molar-refractivity contribution >= 4 is 58.5 Å². The molecule has 0 aromatic heterocycles. The number of hydrazine groups is 1. The molecular formula is C25H25Cl2N3O7. The van der Waals surface area contributed by atoms with Crippen LogP contribution >= 0.6 is 23.2 Å². The van der Waals surface area contributed by atoms with E-state index in [4.69, 9.17) is 32.7 Å². The van der Waals surface area contributed by atoms with Crippen LogP contribution in [0.2, 0.25) is 10.0 Å². The first kappa shape index (κ1) is 27.9. The molecule has 1 atom stereocenters. The second kappa shape index (κ2) is 13.1. The Bertz CT molecular complexity index is 1190. The average Bonchev–Trinajstić information content (AvgIpc) is 3.23. The summed E-state index contributed by atoms with van der Waals surface area (Å²) in [5.41, 5.74) is 3.27. The van der Waals surface area contributed by atoms with E-state index in [9.17, 15) is 24.0 Å². The molecule has 12 heteroatoms. The Labute approximate surface area is 223 Å². The highest BCUT2D eigenvalue weighted by Crippen LogP contribution is 2.22. The summed E-state index contributed by atoms with van der Waals surface area (Å²) >= 11 is 11.8. The molecule has 0 spiro atoms. The van der Waals surface area contributed by atoms with E-state index in [0.29, 0.717) is 22.9 Å². The second-order valence-corrected chi connectivity index (χ2v) is 9.04. The van der Waals surface area contributed by atoms with Gasteiger partial charge in [0.15, 0.2) is 6.61 Å². The Hall–Kier alpha value is -3.63. The lowest BCUT2D eigenvalue weighted by molar-refractivity contribution is -0.151. The van der Waals surface area contributed by atoms with Gasteiger partial charge < -0.3 is 14.8 Å². The van der Waals surface area contributed by atoms with Crippen LogP contribution in [-0.4, -0.2) is 54.4 Å². The summed E-state index contributed by atoms with van der Waals surface area (Å²) in [6.45, 7) is 1.64. The molecule has 196 valence electrons. The monoisotopic (exact) mass is 549 g/mol. The minimum Gasteiger partial charge on any atom is -0.462 e.